The van der Waals surface area contributed by atoms with E-state index in [1.54, 1.807) is 23.5 Å². The first-order valence-electron chi connectivity index (χ1n) is 10.1. The Balaban J connectivity index is 1.71. The van der Waals surface area contributed by atoms with E-state index < -0.39 is 0 Å². The van der Waals surface area contributed by atoms with Crippen LogP contribution in [0.2, 0.25) is 0 Å². The van der Waals surface area contributed by atoms with E-state index in [0.717, 1.165) is 32.9 Å². The lowest BCUT2D eigenvalue weighted by Crippen LogP contribution is -2.12. The molecule has 6 nitrogen and oxygen atoms in total. The molecule has 0 aliphatic heterocycles. The van der Waals surface area contributed by atoms with Gasteiger partial charge in [-0.3, -0.25) is 0 Å². The van der Waals surface area contributed by atoms with Crippen LogP contribution in [0.15, 0.2) is 65.1 Å². The summed E-state index contributed by atoms with van der Waals surface area (Å²) in [5.41, 5.74) is 8.76. The molecule has 0 bridgehead atoms. The second-order valence-corrected chi connectivity index (χ2v) is 9.16. The van der Waals surface area contributed by atoms with Crippen molar-refractivity contribution in [1.82, 2.24) is 9.97 Å². The molecule has 0 saturated heterocycles. The predicted octanol–water partition coefficient (Wildman–Crippen LogP) is 5.23. The fourth-order valence-electron chi connectivity index (χ4n) is 3.10. The predicted molar refractivity (Wildman–Crippen MR) is 131 cm³/mol. The smallest absolute Gasteiger partial charge is 0.170 e. The van der Waals surface area contributed by atoms with Crippen molar-refractivity contribution in [2.24, 2.45) is 10.9 Å². The minimum absolute atomic E-state index is 0.00326. The monoisotopic (exact) mass is 441 g/mol. The number of aromatic nitrogens is 2. The Morgan fingerprint density at radius 3 is 2.59 bits per heavy atom. The summed E-state index contributed by atoms with van der Waals surface area (Å²) >= 11 is 1.63. The Hall–Kier alpha value is -3.89. The van der Waals surface area contributed by atoms with E-state index in [2.05, 4.69) is 43.1 Å². The molecular weight excluding hydrogens is 418 g/mol. The van der Waals surface area contributed by atoms with Crippen molar-refractivity contribution in [3.05, 3.63) is 81.7 Å². The van der Waals surface area contributed by atoms with E-state index in [-0.39, 0.29) is 11.3 Å². The average Bonchev–Trinajstić information content (AvgIpc) is 3.26. The summed E-state index contributed by atoms with van der Waals surface area (Å²) in [6.45, 7) is 6.44. The highest BCUT2D eigenvalue weighted by Gasteiger charge is 2.18. The van der Waals surface area contributed by atoms with E-state index in [9.17, 15) is 0 Å². The Bertz CT molecular complexity index is 1370. The number of anilines is 2. The lowest BCUT2D eigenvalue weighted by molar-refractivity contribution is 0.318. The summed E-state index contributed by atoms with van der Waals surface area (Å²) in [7, 11) is 0. The molecule has 4 rings (SSSR count). The summed E-state index contributed by atoms with van der Waals surface area (Å²) in [6, 6.07) is 17.1. The number of rotatable bonds is 3. The van der Waals surface area contributed by atoms with Gasteiger partial charge in [-0.25, -0.2) is 9.97 Å². The maximum Gasteiger partial charge on any atom is 0.170 e. The van der Waals surface area contributed by atoms with Gasteiger partial charge in [-0.1, -0.05) is 68.1 Å². The molecule has 0 saturated carbocycles. The van der Waals surface area contributed by atoms with Gasteiger partial charge < -0.3 is 16.3 Å². The topological polar surface area (TPSA) is 96.4 Å². The van der Waals surface area contributed by atoms with Gasteiger partial charge in [0.15, 0.2) is 5.84 Å². The van der Waals surface area contributed by atoms with Crippen LogP contribution in [0.4, 0.5) is 11.6 Å². The summed E-state index contributed by atoms with van der Waals surface area (Å²) in [4.78, 5) is 9.43. The molecule has 32 heavy (non-hydrogen) atoms. The third-order valence-corrected chi connectivity index (χ3v) is 5.99. The third-order valence-electron chi connectivity index (χ3n) is 4.73. The molecule has 7 heteroatoms. The van der Waals surface area contributed by atoms with Crippen molar-refractivity contribution < 1.29 is 5.21 Å². The molecule has 0 amide bonds. The molecule has 0 spiro atoms. The number of pyridine rings is 1. The zero-order valence-corrected chi connectivity index (χ0v) is 18.9. The van der Waals surface area contributed by atoms with Crippen LogP contribution in [0.25, 0.3) is 10.9 Å². The first kappa shape index (κ1) is 21.3. The fourth-order valence-corrected chi connectivity index (χ4v) is 3.94. The normalized spacial score (nSPS) is 11.8. The molecule has 160 valence electrons. The van der Waals surface area contributed by atoms with Crippen LogP contribution in [-0.2, 0) is 5.41 Å². The Labute approximate surface area is 190 Å². The zero-order valence-electron chi connectivity index (χ0n) is 18.0. The van der Waals surface area contributed by atoms with Crippen LogP contribution < -0.4 is 11.1 Å². The maximum atomic E-state index is 8.91. The molecule has 0 aliphatic rings. The highest BCUT2D eigenvalue weighted by atomic mass is 32.1. The SMILES string of the molecule is CC(C)(C)c1nc(Nc2cc(C#Cc3cccc(C(N)=NO)c3)c3ccccc3n2)cs1. The van der Waals surface area contributed by atoms with Gasteiger partial charge in [-0.05, 0) is 24.3 Å². The van der Waals surface area contributed by atoms with Gasteiger partial charge in [0.05, 0.1) is 5.52 Å². The number of para-hydroxylation sites is 1. The zero-order chi connectivity index (χ0) is 22.7. The lowest BCUT2D eigenvalue weighted by atomic mass is 9.98. The van der Waals surface area contributed by atoms with Gasteiger partial charge in [0.2, 0.25) is 0 Å². The summed E-state index contributed by atoms with van der Waals surface area (Å²) in [6.07, 6.45) is 0. The molecule has 0 atom stereocenters. The minimum Gasteiger partial charge on any atom is -0.409 e. The average molecular weight is 442 g/mol. The number of benzene rings is 2. The largest absolute Gasteiger partial charge is 0.409 e. The van der Waals surface area contributed by atoms with Crippen molar-refractivity contribution in [2.75, 3.05) is 5.32 Å². The molecule has 0 unspecified atom stereocenters. The highest BCUT2D eigenvalue weighted by molar-refractivity contribution is 7.10. The first-order valence-corrected chi connectivity index (χ1v) is 10.9. The van der Waals surface area contributed by atoms with Crippen LogP contribution in [-0.4, -0.2) is 21.0 Å². The second kappa shape index (κ2) is 8.69. The Kier molecular flexibility index (Phi) is 5.80. The van der Waals surface area contributed by atoms with Gasteiger partial charge in [0, 0.05) is 32.9 Å². The van der Waals surface area contributed by atoms with Crippen LogP contribution in [0.5, 0.6) is 0 Å². The number of amidine groups is 1. The van der Waals surface area contributed by atoms with Gasteiger partial charge in [-0.15, -0.1) is 11.3 Å². The van der Waals surface area contributed by atoms with Crippen LogP contribution in [0.1, 0.15) is 42.5 Å². The number of fused-ring (bicyclic) bond motifs is 1. The Morgan fingerprint density at radius 1 is 1.03 bits per heavy atom. The number of thiazole rings is 1. The van der Waals surface area contributed by atoms with Crippen molar-refractivity contribution in [1.29, 1.82) is 0 Å². The summed E-state index contributed by atoms with van der Waals surface area (Å²) < 4.78 is 0. The molecular formula is C25H23N5OS. The van der Waals surface area contributed by atoms with Crippen molar-refractivity contribution >= 4 is 39.7 Å². The van der Waals surface area contributed by atoms with Crippen LogP contribution in [0.3, 0.4) is 0 Å². The van der Waals surface area contributed by atoms with Crippen LogP contribution in [0, 0.1) is 11.8 Å². The van der Waals surface area contributed by atoms with Crippen molar-refractivity contribution in [3.63, 3.8) is 0 Å². The third kappa shape index (κ3) is 4.71. The number of oxime groups is 1. The molecule has 2 aromatic carbocycles. The molecule has 4 N–H and O–H groups in total. The quantitative estimate of drug-likeness (QED) is 0.133. The molecule has 0 aliphatic carbocycles. The number of nitrogens with zero attached hydrogens (tertiary/aromatic N) is 3. The van der Waals surface area contributed by atoms with E-state index in [4.69, 9.17) is 20.9 Å². The second-order valence-electron chi connectivity index (χ2n) is 8.30. The minimum atomic E-state index is -0.00326. The Morgan fingerprint density at radius 2 is 1.84 bits per heavy atom. The molecule has 2 aromatic heterocycles. The highest BCUT2D eigenvalue weighted by Crippen LogP contribution is 2.29. The number of nitrogens with one attached hydrogen (secondary N) is 1. The summed E-state index contributed by atoms with van der Waals surface area (Å²) in [5.74, 6) is 7.93. The van der Waals surface area contributed by atoms with Gasteiger partial charge in [0.25, 0.3) is 0 Å². The summed E-state index contributed by atoms with van der Waals surface area (Å²) in [5, 5.41) is 19.3. The van der Waals surface area contributed by atoms with E-state index in [0.29, 0.717) is 11.4 Å². The lowest BCUT2D eigenvalue weighted by Gasteiger charge is -2.13. The van der Waals surface area contributed by atoms with Crippen molar-refractivity contribution in [3.8, 4) is 11.8 Å². The van der Waals surface area contributed by atoms with Crippen LogP contribution >= 0.6 is 11.3 Å². The molecule has 0 fully saturated rings. The maximum absolute atomic E-state index is 8.91. The van der Waals surface area contributed by atoms with Gasteiger partial charge in [0.1, 0.15) is 16.6 Å². The number of nitrogens with two attached hydrogens (primary N) is 1. The first-order chi connectivity index (χ1) is 15.3. The number of hydrogen-bond donors (Lipinski definition) is 3. The van der Waals surface area contributed by atoms with Gasteiger partial charge >= 0.3 is 0 Å². The van der Waals surface area contributed by atoms with Crippen molar-refractivity contribution in [2.45, 2.75) is 26.2 Å². The molecule has 4 aromatic rings. The van der Waals surface area contributed by atoms with E-state index in [1.165, 1.54) is 0 Å². The molecule has 2 heterocycles. The molecule has 0 radical (unpaired) electrons. The fraction of sp³-hybridized carbons (Fsp3) is 0.160. The standard InChI is InChI=1S/C25H23N5OS/c1-25(2,3)24-29-22(15-32-24)28-21-14-17(19-9-4-5-10-20(19)27-21)12-11-16-7-6-8-18(13-16)23(26)30-31/h4-10,13-15,31H,1-3H3,(H2,26,30)(H,27,28). The van der Waals surface area contributed by atoms with E-state index >= 15 is 0 Å². The number of hydrogen-bond acceptors (Lipinski definition) is 6. The van der Waals surface area contributed by atoms with E-state index in [1.807, 2.05) is 47.8 Å². The van der Waals surface area contributed by atoms with Gasteiger partial charge in [-0.2, -0.15) is 0 Å².